The molecule has 5 rings (SSSR count). The van der Waals surface area contributed by atoms with Crippen molar-refractivity contribution in [2.45, 2.75) is 33.4 Å². The minimum absolute atomic E-state index is 0.121. The Kier molecular flexibility index (Phi) is 5.05. The minimum Gasteiger partial charge on any atom is -0.497 e. The molecule has 0 bridgehead atoms. The van der Waals surface area contributed by atoms with Gasteiger partial charge in [-0.15, -0.1) is 0 Å². The average molecular weight is 440 g/mol. The highest BCUT2D eigenvalue weighted by Crippen LogP contribution is 2.40. The molecule has 1 aliphatic heterocycles. The van der Waals surface area contributed by atoms with E-state index in [0.717, 1.165) is 27.8 Å². The summed E-state index contributed by atoms with van der Waals surface area (Å²) in [5.41, 5.74) is 5.62. The number of nitrogens with zero attached hydrogens (tertiary/aromatic N) is 1. The summed E-state index contributed by atoms with van der Waals surface area (Å²) in [5.74, 6) is 0.506. The summed E-state index contributed by atoms with van der Waals surface area (Å²) in [6, 6.07) is 18.7. The number of amides is 1. The van der Waals surface area contributed by atoms with Gasteiger partial charge in [0.15, 0.2) is 5.43 Å². The van der Waals surface area contributed by atoms with Crippen molar-refractivity contribution in [3.63, 3.8) is 0 Å². The van der Waals surface area contributed by atoms with Crippen LogP contribution in [-0.4, -0.2) is 17.9 Å². The van der Waals surface area contributed by atoms with Crippen LogP contribution in [0.3, 0.4) is 0 Å². The van der Waals surface area contributed by atoms with Crippen molar-refractivity contribution in [2.75, 3.05) is 7.11 Å². The van der Waals surface area contributed by atoms with Crippen molar-refractivity contribution in [3.05, 3.63) is 110 Å². The predicted octanol–water partition coefficient (Wildman–Crippen LogP) is 5.47. The normalized spacial score (nSPS) is 15.2. The Morgan fingerprint density at radius 2 is 1.67 bits per heavy atom. The zero-order valence-corrected chi connectivity index (χ0v) is 19.1. The second kappa shape index (κ2) is 7.93. The third-order valence-corrected chi connectivity index (χ3v) is 6.47. The maximum absolute atomic E-state index is 13.7. The summed E-state index contributed by atoms with van der Waals surface area (Å²) in [5, 5.41) is 0.495. The number of fused-ring (bicyclic) bond motifs is 2. The van der Waals surface area contributed by atoms with Crippen molar-refractivity contribution in [1.29, 1.82) is 0 Å². The Balaban J connectivity index is 1.74. The van der Waals surface area contributed by atoms with E-state index in [1.54, 1.807) is 12.0 Å². The summed E-state index contributed by atoms with van der Waals surface area (Å²) in [6.07, 6.45) is 0. The fourth-order valence-corrected chi connectivity index (χ4v) is 4.49. The van der Waals surface area contributed by atoms with E-state index in [9.17, 15) is 9.59 Å². The van der Waals surface area contributed by atoms with Crippen LogP contribution in [0.2, 0.25) is 0 Å². The SMILES string of the molecule is COc1cccc(C2c3c(oc4cc(C)c(C)cc4c3=O)C(=O)N2Cc2ccc(C)cc2)c1. The van der Waals surface area contributed by atoms with Crippen LogP contribution < -0.4 is 10.2 Å². The van der Waals surface area contributed by atoms with Gasteiger partial charge >= 0.3 is 0 Å². The van der Waals surface area contributed by atoms with Crippen molar-refractivity contribution >= 4 is 16.9 Å². The molecule has 0 fully saturated rings. The van der Waals surface area contributed by atoms with Crippen molar-refractivity contribution in [3.8, 4) is 5.75 Å². The lowest BCUT2D eigenvalue weighted by molar-refractivity contribution is 0.0714. The van der Waals surface area contributed by atoms with Gasteiger partial charge in [-0.25, -0.2) is 0 Å². The molecule has 0 aliphatic carbocycles. The molecule has 1 aliphatic rings. The van der Waals surface area contributed by atoms with Gasteiger partial charge in [-0.2, -0.15) is 0 Å². The standard InChI is InChI=1S/C28H25NO4/c1-16-8-10-19(11-9-16)15-29-25(20-6-5-7-21(14-20)32-4)24-26(30)22-12-17(2)18(3)13-23(22)33-27(24)28(29)31/h5-14,25H,15H2,1-4H3. The zero-order valence-electron chi connectivity index (χ0n) is 19.1. The monoisotopic (exact) mass is 439 g/mol. The van der Waals surface area contributed by atoms with Gasteiger partial charge in [0, 0.05) is 6.54 Å². The largest absolute Gasteiger partial charge is 0.497 e. The molecule has 1 aromatic heterocycles. The molecular weight excluding hydrogens is 414 g/mol. The molecule has 5 heteroatoms. The number of benzene rings is 3. The molecule has 166 valence electrons. The molecule has 3 aromatic carbocycles. The van der Waals surface area contributed by atoms with Crippen LogP contribution in [0, 0.1) is 20.8 Å². The van der Waals surface area contributed by atoms with Crippen molar-refractivity contribution < 1.29 is 13.9 Å². The van der Waals surface area contributed by atoms with Crippen LogP contribution >= 0.6 is 0 Å². The van der Waals surface area contributed by atoms with E-state index in [1.165, 1.54) is 0 Å². The Morgan fingerprint density at radius 3 is 2.39 bits per heavy atom. The Bertz CT molecular complexity index is 1450. The van der Waals surface area contributed by atoms with E-state index in [0.29, 0.717) is 28.8 Å². The summed E-state index contributed by atoms with van der Waals surface area (Å²) >= 11 is 0. The molecule has 33 heavy (non-hydrogen) atoms. The number of methoxy groups -OCH3 is 1. The van der Waals surface area contributed by atoms with Gasteiger partial charge in [-0.3, -0.25) is 9.59 Å². The average Bonchev–Trinajstić information content (AvgIpc) is 3.08. The number of carbonyl (C=O) groups excluding carboxylic acids is 1. The van der Waals surface area contributed by atoms with Crippen LogP contribution in [-0.2, 0) is 6.54 Å². The highest BCUT2D eigenvalue weighted by molar-refractivity contribution is 5.99. The van der Waals surface area contributed by atoms with Gasteiger partial charge in [-0.05, 0) is 67.3 Å². The van der Waals surface area contributed by atoms with Crippen molar-refractivity contribution in [2.24, 2.45) is 0 Å². The van der Waals surface area contributed by atoms with Gasteiger partial charge in [0.05, 0.1) is 24.1 Å². The number of ether oxygens (including phenoxy) is 1. The predicted molar refractivity (Wildman–Crippen MR) is 128 cm³/mol. The van der Waals surface area contributed by atoms with Crippen LogP contribution in [0.1, 0.15) is 50.0 Å². The third kappa shape index (κ3) is 3.50. The van der Waals surface area contributed by atoms with E-state index >= 15 is 0 Å². The molecule has 5 nitrogen and oxygen atoms in total. The highest BCUT2D eigenvalue weighted by Gasteiger charge is 2.42. The van der Waals surface area contributed by atoms with Gasteiger partial charge in [-0.1, -0.05) is 42.0 Å². The molecule has 2 heterocycles. The molecule has 0 saturated heterocycles. The van der Waals surface area contributed by atoms with Crippen molar-refractivity contribution in [1.82, 2.24) is 4.90 Å². The number of aryl methyl sites for hydroxylation is 3. The Labute approximate surface area is 192 Å². The zero-order chi connectivity index (χ0) is 23.3. The van der Waals surface area contributed by atoms with E-state index in [-0.39, 0.29) is 17.1 Å². The molecular formula is C28H25NO4. The first kappa shape index (κ1) is 21.0. The second-order valence-corrected chi connectivity index (χ2v) is 8.70. The summed E-state index contributed by atoms with van der Waals surface area (Å²) in [7, 11) is 1.60. The van der Waals surface area contributed by atoms with Gasteiger partial charge in [0.1, 0.15) is 11.3 Å². The summed E-state index contributed by atoms with van der Waals surface area (Å²) < 4.78 is 11.5. The number of rotatable bonds is 4. The van der Waals surface area contributed by atoms with Crippen LogP contribution in [0.4, 0.5) is 0 Å². The van der Waals surface area contributed by atoms with Crippen LogP contribution in [0.25, 0.3) is 11.0 Å². The van der Waals surface area contributed by atoms with Crippen LogP contribution in [0.5, 0.6) is 5.75 Å². The molecule has 0 saturated carbocycles. The first-order valence-electron chi connectivity index (χ1n) is 11.0. The quantitative estimate of drug-likeness (QED) is 0.423. The van der Waals surface area contributed by atoms with Gasteiger partial charge in [0.2, 0.25) is 5.76 Å². The minimum atomic E-state index is -0.564. The van der Waals surface area contributed by atoms with E-state index in [4.69, 9.17) is 9.15 Å². The summed E-state index contributed by atoms with van der Waals surface area (Å²) in [6.45, 7) is 6.32. The first-order valence-corrected chi connectivity index (χ1v) is 11.0. The van der Waals surface area contributed by atoms with E-state index in [2.05, 4.69) is 0 Å². The Hall–Kier alpha value is -3.86. The van der Waals surface area contributed by atoms with Crippen LogP contribution in [0.15, 0.2) is 69.9 Å². The highest BCUT2D eigenvalue weighted by atomic mass is 16.5. The smallest absolute Gasteiger partial charge is 0.291 e. The van der Waals surface area contributed by atoms with Gasteiger partial charge < -0.3 is 14.1 Å². The number of hydrogen-bond acceptors (Lipinski definition) is 4. The molecule has 1 amide bonds. The lowest BCUT2D eigenvalue weighted by atomic mass is 9.97. The lowest BCUT2D eigenvalue weighted by Crippen LogP contribution is -2.29. The third-order valence-electron chi connectivity index (χ3n) is 6.47. The second-order valence-electron chi connectivity index (χ2n) is 8.70. The molecule has 0 radical (unpaired) electrons. The maximum Gasteiger partial charge on any atom is 0.291 e. The fraction of sp³-hybridized carbons (Fsp3) is 0.214. The number of hydrogen-bond donors (Lipinski definition) is 0. The molecule has 4 aromatic rings. The topological polar surface area (TPSA) is 59.8 Å². The molecule has 1 atom stereocenters. The Morgan fingerprint density at radius 1 is 0.939 bits per heavy atom. The molecule has 1 unspecified atom stereocenters. The lowest BCUT2D eigenvalue weighted by Gasteiger charge is -2.25. The number of carbonyl (C=O) groups is 1. The van der Waals surface area contributed by atoms with E-state index < -0.39 is 6.04 Å². The van der Waals surface area contributed by atoms with E-state index in [1.807, 2.05) is 81.4 Å². The summed E-state index contributed by atoms with van der Waals surface area (Å²) in [4.78, 5) is 29.1. The van der Waals surface area contributed by atoms with Gasteiger partial charge in [0.25, 0.3) is 5.91 Å². The first-order chi connectivity index (χ1) is 15.9. The maximum atomic E-state index is 13.7. The molecule has 0 spiro atoms. The fourth-order valence-electron chi connectivity index (χ4n) is 4.49. The molecule has 0 N–H and O–H groups in total.